The average molecular weight is 205 g/mol. The highest BCUT2D eigenvalue weighted by atomic mass is 32.1. The number of aryl methyl sites for hydroxylation is 1. The van der Waals surface area contributed by atoms with Gasteiger partial charge in [0.05, 0.1) is 15.7 Å². The first kappa shape index (κ1) is 9.66. The smallest absolute Gasteiger partial charge is 0.0812 e. The standard InChI is InChI=1S/C12H15NS/c1-2-3-4-5-10-6-7-11-12(8-10)14-9-13-11/h6-9H,2-5H2,1H3. The fourth-order valence-electron chi connectivity index (χ4n) is 1.63. The van der Waals surface area contributed by atoms with Crippen molar-refractivity contribution < 1.29 is 0 Å². The van der Waals surface area contributed by atoms with E-state index < -0.39 is 0 Å². The molecule has 1 nitrogen and oxygen atoms in total. The van der Waals surface area contributed by atoms with Crippen LogP contribution in [0.2, 0.25) is 0 Å². The summed E-state index contributed by atoms with van der Waals surface area (Å²) in [5.41, 5.74) is 4.50. The van der Waals surface area contributed by atoms with Gasteiger partial charge in [0.2, 0.25) is 0 Å². The van der Waals surface area contributed by atoms with Gasteiger partial charge in [0.25, 0.3) is 0 Å². The van der Waals surface area contributed by atoms with Crippen LogP contribution in [0.3, 0.4) is 0 Å². The molecule has 0 bridgehead atoms. The van der Waals surface area contributed by atoms with Crippen LogP contribution < -0.4 is 0 Å². The minimum atomic E-state index is 1.13. The Balaban J connectivity index is 2.10. The van der Waals surface area contributed by atoms with Crippen LogP contribution >= 0.6 is 11.3 Å². The maximum Gasteiger partial charge on any atom is 0.0812 e. The molecule has 0 atom stereocenters. The molecule has 0 fully saturated rings. The molecule has 0 radical (unpaired) electrons. The Hall–Kier alpha value is -0.890. The van der Waals surface area contributed by atoms with Crippen LogP contribution in [0.25, 0.3) is 10.2 Å². The molecule has 0 saturated carbocycles. The second-order valence-corrected chi connectivity index (χ2v) is 4.50. The minimum Gasteiger partial charge on any atom is -0.245 e. The van der Waals surface area contributed by atoms with Gasteiger partial charge in [-0.2, -0.15) is 0 Å². The van der Waals surface area contributed by atoms with Crippen LogP contribution in [-0.2, 0) is 6.42 Å². The van der Waals surface area contributed by atoms with Crippen LogP contribution in [-0.4, -0.2) is 4.98 Å². The fourth-order valence-corrected chi connectivity index (χ4v) is 2.37. The van der Waals surface area contributed by atoms with Crippen molar-refractivity contribution in [3.63, 3.8) is 0 Å². The van der Waals surface area contributed by atoms with E-state index in [2.05, 4.69) is 30.1 Å². The van der Waals surface area contributed by atoms with Crippen molar-refractivity contribution in [2.45, 2.75) is 32.6 Å². The third-order valence-electron chi connectivity index (χ3n) is 2.46. The highest BCUT2D eigenvalue weighted by Crippen LogP contribution is 2.20. The summed E-state index contributed by atoms with van der Waals surface area (Å²) >= 11 is 1.73. The quantitative estimate of drug-likeness (QED) is 0.687. The van der Waals surface area contributed by atoms with E-state index in [0.29, 0.717) is 0 Å². The molecule has 2 aromatic rings. The van der Waals surface area contributed by atoms with Gasteiger partial charge in [-0.1, -0.05) is 25.8 Å². The summed E-state index contributed by atoms with van der Waals surface area (Å²) in [5.74, 6) is 0. The van der Waals surface area contributed by atoms with Crippen molar-refractivity contribution in [3.8, 4) is 0 Å². The molecule has 14 heavy (non-hydrogen) atoms. The number of hydrogen-bond donors (Lipinski definition) is 0. The highest BCUT2D eigenvalue weighted by molar-refractivity contribution is 7.16. The van der Waals surface area contributed by atoms with Gasteiger partial charge < -0.3 is 0 Å². The molecular formula is C12H15NS. The summed E-state index contributed by atoms with van der Waals surface area (Å²) in [6.07, 6.45) is 5.14. The summed E-state index contributed by atoms with van der Waals surface area (Å²) in [4.78, 5) is 4.27. The Morgan fingerprint density at radius 1 is 1.29 bits per heavy atom. The zero-order valence-electron chi connectivity index (χ0n) is 8.49. The lowest BCUT2D eigenvalue weighted by molar-refractivity contribution is 0.718. The Labute approximate surface area is 88.8 Å². The van der Waals surface area contributed by atoms with E-state index in [1.165, 1.54) is 35.9 Å². The summed E-state index contributed by atoms with van der Waals surface area (Å²) < 4.78 is 1.32. The van der Waals surface area contributed by atoms with Crippen molar-refractivity contribution in [1.29, 1.82) is 0 Å². The molecule has 0 amide bonds. The van der Waals surface area contributed by atoms with E-state index in [0.717, 1.165) is 5.52 Å². The molecule has 2 heteroatoms. The molecule has 1 aromatic carbocycles. The Kier molecular flexibility index (Phi) is 3.14. The topological polar surface area (TPSA) is 12.9 Å². The third kappa shape index (κ3) is 2.13. The maximum atomic E-state index is 4.27. The second kappa shape index (κ2) is 4.56. The highest BCUT2D eigenvalue weighted by Gasteiger charge is 1.98. The van der Waals surface area contributed by atoms with E-state index in [-0.39, 0.29) is 0 Å². The molecule has 0 aliphatic rings. The fraction of sp³-hybridized carbons (Fsp3) is 0.417. The molecule has 0 aliphatic carbocycles. The Morgan fingerprint density at radius 2 is 2.21 bits per heavy atom. The zero-order valence-corrected chi connectivity index (χ0v) is 9.31. The Bertz CT molecular complexity index is 405. The van der Waals surface area contributed by atoms with E-state index in [1.807, 2.05) is 5.51 Å². The lowest BCUT2D eigenvalue weighted by atomic mass is 10.1. The van der Waals surface area contributed by atoms with Gasteiger partial charge in [0.15, 0.2) is 0 Å². The van der Waals surface area contributed by atoms with E-state index in [4.69, 9.17) is 0 Å². The molecule has 74 valence electrons. The van der Waals surface area contributed by atoms with Gasteiger partial charge >= 0.3 is 0 Å². The first-order valence-electron chi connectivity index (χ1n) is 5.22. The summed E-state index contributed by atoms with van der Waals surface area (Å²) in [6.45, 7) is 2.24. The maximum absolute atomic E-state index is 4.27. The monoisotopic (exact) mass is 205 g/mol. The predicted molar refractivity (Wildman–Crippen MR) is 62.8 cm³/mol. The zero-order chi connectivity index (χ0) is 9.80. The van der Waals surface area contributed by atoms with Gasteiger partial charge in [-0.3, -0.25) is 0 Å². The molecule has 1 heterocycles. The normalized spacial score (nSPS) is 10.9. The first-order chi connectivity index (χ1) is 6.90. The number of thiazole rings is 1. The molecule has 2 rings (SSSR count). The molecule has 0 N–H and O–H groups in total. The van der Waals surface area contributed by atoms with Crippen LogP contribution in [0.1, 0.15) is 31.7 Å². The van der Waals surface area contributed by atoms with Gasteiger partial charge in [0, 0.05) is 0 Å². The number of rotatable bonds is 4. The van der Waals surface area contributed by atoms with Crippen molar-refractivity contribution in [2.75, 3.05) is 0 Å². The number of benzene rings is 1. The second-order valence-electron chi connectivity index (χ2n) is 3.61. The molecule has 0 aliphatic heterocycles. The van der Waals surface area contributed by atoms with Crippen LogP contribution in [0.15, 0.2) is 23.7 Å². The van der Waals surface area contributed by atoms with Crippen molar-refractivity contribution >= 4 is 21.6 Å². The van der Waals surface area contributed by atoms with Gasteiger partial charge in [-0.15, -0.1) is 11.3 Å². The first-order valence-corrected chi connectivity index (χ1v) is 6.10. The molecule has 0 saturated heterocycles. The van der Waals surface area contributed by atoms with Crippen LogP contribution in [0, 0.1) is 0 Å². The lowest BCUT2D eigenvalue weighted by Crippen LogP contribution is -1.84. The van der Waals surface area contributed by atoms with Crippen molar-refractivity contribution in [2.24, 2.45) is 0 Å². The summed E-state index contributed by atoms with van der Waals surface area (Å²) in [7, 11) is 0. The minimum absolute atomic E-state index is 1.13. The van der Waals surface area contributed by atoms with Gasteiger partial charge in [0.1, 0.15) is 0 Å². The van der Waals surface area contributed by atoms with E-state index in [1.54, 1.807) is 11.3 Å². The molecule has 0 spiro atoms. The molecule has 1 aromatic heterocycles. The summed E-state index contributed by atoms with van der Waals surface area (Å²) in [6, 6.07) is 6.62. The van der Waals surface area contributed by atoms with Crippen molar-refractivity contribution in [3.05, 3.63) is 29.3 Å². The van der Waals surface area contributed by atoms with Crippen molar-refractivity contribution in [1.82, 2.24) is 4.98 Å². The number of unbranched alkanes of at least 4 members (excludes halogenated alkanes) is 2. The SMILES string of the molecule is CCCCCc1ccc2ncsc2c1. The largest absolute Gasteiger partial charge is 0.245 e. The average Bonchev–Trinajstić information content (AvgIpc) is 2.65. The van der Waals surface area contributed by atoms with E-state index >= 15 is 0 Å². The Morgan fingerprint density at radius 3 is 3.07 bits per heavy atom. The molecule has 0 unspecified atom stereocenters. The van der Waals surface area contributed by atoms with Crippen LogP contribution in [0.5, 0.6) is 0 Å². The number of hydrogen-bond acceptors (Lipinski definition) is 2. The lowest BCUT2D eigenvalue weighted by Gasteiger charge is -1.99. The van der Waals surface area contributed by atoms with Gasteiger partial charge in [-0.25, -0.2) is 4.98 Å². The summed E-state index contributed by atoms with van der Waals surface area (Å²) in [5, 5.41) is 0. The third-order valence-corrected chi connectivity index (χ3v) is 3.26. The van der Waals surface area contributed by atoms with Gasteiger partial charge in [-0.05, 0) is 30.5 Å². The van der Waals surface area contributed by atoms with Crippen LogP contribution in [0.4, 0.5) is 0 Å². The number of fused-ring (bicyclic) bond motifs is 1. The molecular weight excluding hydrogens is 190 g/mol. The number of aromatic nitrogens is 1. The number of nitrogens with zero attached hydrogens (tertiary/aromatic N) is 1. The van der Waals surface area contributed by atoms with E-state index in [9.17, 15) is 0 Å². The predicted octanol–water partition coefficient (Wildman–Crippen LogP) is 4.03.